The van der Waals surface area contributed by atoms with Gasteiger partial charge in [0.15, 0.2) is 5.75 Å². The van der Waals surface area contributed by atoms with Crippen LogP contribution < -0.4 is 15.2 Å². The highest BCUT2D eigenvalue weighted by atomic mass is 16.5. The van der Waals surface area contributed by atoms with Gasteiger partial charge in [0.1, 0.15) is 5.75 Å². The van der Waals surface area contributed by atoms with E-state index in [1.807, 2.05) is 19.1 Å². The number of hydrogen-bond acceptors (Lipinski definition) is 4. The van der Waals surface area contributed by atoms with Crippen molar-refractivity contribution in [2.75, 3.05) is 12.8 Å². The van der Waals surface area contributed by atoms with Crippen molar-refractivity contribution in [2.24, 2.45) is 0 Å². The Morgan fingerprint density at radius 2 is 2.00 bits per heavy atom. The van der Waals surface area contributed by atoms with Crippen LogP contribution >= 0.6 is 0 Å². The second-order valence-electron chi connectivity index (χ2n) is 3.64. The fraction of sp³-hybridized carbons (Fsp3) is 0.154. The van der Waals surface area contributed by atoms with Gasteiger partial charge < -0.3 is 15.2 Å². The van der Waals surface area contributed by atoms with Crippen molar-refractivity contribution < 1.29 is 9.47 Å². The van der Waals surface area contributed by atoms with Crippen LogP contribution in [-0.4, -0.2) is 12.1 Å². The lowest BCUT2D eigenvalue weighted by Crippen LogP contribution is -1.95. The number of anilines is 1. The first kappa shape index (κ1) is 11.3. The lowest BCUT2D eigenvalue weighted by molar-refractivity contribution is 0.369. The zero-order chi connectivity index (χ0) is 12.3. The van der Waals surface area contributed by atoms with Crippen LogP contribution in [0.4, 0.5) is 5.69 Å². The fourth-order valence-electron chi connectivity index (χ4n) is 1.44. The third-order valence-electron chi connectivity index (χ3n) is 2.37. The van der Waals surface area contributed by atoms with Crippen LogP contribution in [0.1, 0.15) is 5.56 Å². The van der Waals surface area contributed by atoms with E-state index in [2.05, 4.69) is 4.98 Å². The number of pyridine rings is 1. The molecule has 88 valence electrons. The van der Waals surface area contributed by atoms with Crippen LogP contribution in [0.15, 0.2) is 36.5 Å². The molecular weight excluding hydrogens is 216 g/mol. The Labute approximate surface area is 100 Å². The van der Waals surface area contributed by atoms with Gasteiger partial charge in [-0.3, -0.25) is 0 Å². The van der Waals surface area contributed by atoms with Gasteiger partial charge in [0.05, 0.1) is 7.11 Å². The molecule has 0 aliphatic carbocycles. The highest BCUT2D eigenvalue weighted by Crippen LogP contribution is 2.31. The average molecular weight is 230 g/mol. The molecule has 0 saturated carbocycles. The Morgan fingerprint density at radius 1 is 1.18 bits per heavy atom. The minimum Gasteiger partial charge on any atom is -0.491 e. The summed E-state index contributed by atoms with van der Waals surface area (Å²) in [5, 5.41) is 0. The van der Waals surface area contributed by atoms with Crippen molar-refractivity contribution >= 4 is 5.69 Å². The van der Waals surface area contributed by atoms with Gasteiger partial charge in [0.2, 0.25) is 0 Å². The highest BCUT2D eigenvalue weighted by molar-refractivity contribution is 5.50. The van der Waals surface area contributed by atoms with Gasteiger partial charge in [-0.2, -0.15) is 0 Å². The molecule has 2 aromatic rings. The quantitative estimate of drug-likeness (QED) is 0.824. The molecule has 0 atom stereocenters. The van der Waals surface area contributed by atoms with Crippen LogP contribution in [0.5, 0.6) is 17.4 Å². The maximum atomic E-state index is 5.72. The molecule has 17 heavy (non-hydrogen) atoms. The van der Waals surface area contributed by atoms with E-state index in [1.165, 1.54) is 0 Å². The SMILES string of the molecule is COc1cccnc1Oc1cc(N)ccc1C. The predicted molar refractivity (Wildman–Crippen MR) is 66.5 cm³/mol. The third-order valence-corrected chi connectivity index (χ3v) is 2.37. The number of rotatable bonds is 3. The van der Waals surface area contributed by atoms with E-state index in [-0.39, 0.29) is 0 Å². The minimum absolute atomic E-state index is 0.434. The Morgan fingerprint density at radius 3 is 2.76 bits per heavy atom. The highest BCUT2D eigenvalue weighted by Gasteiger charge is 2.08. The van der Waals surface area contributed by atoms with Crippen LogP contribution in [-0.2, 0) is 0 Å². The zero-order valence-electron chi connectivity index (χ0n) is 9.81. The fourth-order valence-corrected chi connectivity index (χ4v) is 1.44. The van der Waals surface area contributed by atoms with Gasteiger partial charge in [0.25, 0.3) is 5.88 Å². The number of aromatic nitrogens is 1. The summed E-state index contributed by atoms with van der Waals surface area (Å²) in [6.07, 6.45) is 1.65. The van der Waals surface area contributed by atoms with E-state index >= 15 is 0 Å². The van der Waals surface area contributed by atoms with Gasteiger partial charge in [-0.15, -0.1) is 0 Å². The maximum Gasteiger partial charge on any atom is 0.262 e. The summed E-state index contributed by atoms with van der Waals surface area (Å²) in [6.45, 7) is 1.95. The molecule has 0 fully saturated rings. The summed E-state index contributed by atoms with van der Waals surface area (Å²) in [6, 6.07) is 9.09. The topological polar surface area (TPSA) is 57.4 Å². The second kappa shape index (κ2) is 4.74. The van der Waals surface area contributed by atoms with E-state index in [9.17, 15) is 0 Å². The van der Waals surface area contributed by atoms with Gasteiger partial charge in [0, 0.05) is 18.0 Å². The molecule has 0 bridgehead atoms. The van der Waals surface area contributed by atoms with E-state index in [0.717, 1.165) is 5.56 Å². The Bertz CT molecular complexity index is 527. The molecule has 4 nitrogen and oxygen atoms in total. The largest absolute Gasteiger partial charge is 0.491 e. The first-order valence-electron chi connectivity index (χ1n) is 5.23. The lowest BCUT2D eigenvalue weighted by atomic mass is 10.2. The normalized spacial score (nSPS) is 10.0. The van der Waals surface area contributed by atoms with Gasteiger partial charge in [-0.25, -0.2) is 4.98 Å². The molecule has 0 amide bonds. The van der Waals surface area contributed by atoms with Crippen LogP contribution in [0.2, 0.25) is 0 Å². The molecule has 0 aliphatic heterocycles. The molecule has 0 aliphatic rings. The third kappa shape index (κ3) is 2.47. The molecule has 1 aromatic carbocycles. The van der Waals surface area contributed by atoms with Crippen molar-refractivity contribution in [1.29, 1.82) is 0 Å². The first-order chi connectivity index (χ1) is 8.20. The Kier molecular flexibility index (Phi) is 3.14. The number of aryl methyl sites for hydroxylation is 1. The molecule has 0 unspecified atom stereocenters. The van der Waals surface area contributed by atoms with Crippen molar-refractivity contribution in [1.82, 2.24) is 4.98 Å². The van der Waals surface area contributed by atoms with E-state index in [0.29, 0.717) is 23.1 Å². The van der Waals surface area contributed by atoms with Crippen molar-refractivity contribution in [3.8, 4) is 17.4 Å². The smallest absolute Gasteiger partial charge is 0.262 e. The summed E-state index contributed by atoms with van der Waals surface area (Å²) in [5.41, 5.74) is 7.37. The minimum atomic E-state index is 0.434. The first-order valence-corrected chi connectivity index (χ1v) is 5.23. The summed E-state index contributed by atoms with van der Waals surface area (Å²) < 4.78 is 10.9. The molecule has 1 aromatic heterocycles. The average Bonchev–Trinajstić information content (AvgIpc) is 2.34. The lowest BCUT2D eigenvalue weighted by Gasteiger charge is -2.11. The summed E-state index contributed by atoms with van der Waals surface area (Å²) in [4.78, 5) is 4.13. The standard InChI is InChI=1S/C13H14N2O2/c1-9-5-6-10(14)8-12(9)17-13-11(16-2)4-3-7-15-13/h3-8H,14H2,1-2H3. The zero-order valence-corrected chi connectivity index (χ0v) is 9.81. The number of ether oxygens (including phenoxy) is 2. The molecule has 0 spiro atoms. The predicted octanol–water partition coefficient (Wildman–Crippen LogP) is 2.77. The summed E-state index contributed by atoms with van der Waals surface area (Å²) in [7, 11) is 1.58. The number of nitrogens with two attached hydrogens (primary N) is 1. The number of hydrogen-bond donors (Lipinski definition) is 1. The Hall–Kier alpha value is -2.23. The maximum absolute atomic E-state index is 5.72. The van der Waals surface area contributed by atoms with Crippen LogP contribution in [0.25, 0.3) is 0 Å². The Balaban J connectivity index is 2.34. The summed E-state index contributed by atoms with van der Waals surface area (Å²) >= 11 is 0. The van der Waals surface area contributed by atoms with Crippen LogP contribution in [0.3, 0.4) is 0 Å². The van der Waals surface area contributed by atoms with Crippen molar-refractivity contribution in [3.05, 3.63) is 42.1 Å². The summed E-state index contributed by atoms with van der Waals surface area (Å²) in [5.74, 6) is 1.71. The number of nitrogens with zero attached hydrogens (tertiary/aromatic N) is 1. The molecule has 0 radical (unpaired) electrons. The monoisotopic (exact) mass is 230 g/mol. The second-order valence-corrected chi connectivity index (χ2v) is 3.64. The number of methoxy groups -OCH3 is 1. The van der Waals surface area contributed by atoms with Crippen molar-refractivity contribution in [3.63, 3.8) is 0 Å². The van der Waals surface area contributed by atoms with Gasteiger partial charge >= 0.3 is 0 Å². The van der Waals surface area contributed by atoms with E-state index in [4.69, 9.17) is 15.2 Å². The molecule has 1 heterocycles. The molecule has 2 rings (SSSR count). The molecule has 4 heteroatoms. The van der Waals surface area contributed by atoms with E-state index in [1.54, 1.807) is 31.5 Å². The van der Waals surface area contributed by atoms with Gasteiger partial charge in [-0.1, -0.05) is 6.07 Å². The molecular formula is C13H14N2O2. The molecule has 2 N–H and O–H groups in total. The number of benzene rings is 1. The molecule has 0 saturated heterocycles. The number of nitrogen functional groups attached to an aromatic ring is 1. The van der Waals surface area contributed by atoms with E-state index < -0.39 is 0 Å². The van der Waals surface area contributed by atoms with Crippen LogP contribution in [0, 0.1) is 6.92 Å². The van der Waals surface area contributed by atoms with Crippen molar-refractivity contribution in [2.45, 2.75) is 6.92 Å². The van der Waals surface area contributed by atoms with Gasteiger partial charge in [-0.05, 0) is 30.7 Å².